The number of piperidine rings is 1. The summed E-state index contributed by atoms with van der Waals surface area (Å²) in [6.07, 6.45) is 0.830. The number of nitrogens with zero attached hydrogens (tertiary/aromatic N) is 1. The average Bonchev–Trinajstić information content (AvgIpc) is 2.52. The van der Waals surface area contributed by atoms with Crippen molar-refractivity contribution in [1.82, 2.24) is 9.62 Å². The zero-order valence-electron chi connectivity index (χ0n) is 12.3. The van der Waals surface area contributed by atoms with E-state index >= 15 is 0 Å². The highest BCUT2D eigenvalue weighted by Gasteiger charge is 2.34. The van der Waals surface area contributed by atoms with Gasteiger partial charge in [0, 0.05) is 25.6 Å². The number of nitrogens with one attached hydrogen (secondary N) is 1. The summed E-state index contributed by atoms with van der Waals surface area (Å²) >= 11 is 12.0. The van der Waals surface area contributed by atoms with Gasteiger partial charge in [-0.15, -0.1) is 0 Å². The Labute approximate surface area is 145 Å². The van der Waals surface area contributed by atoms with Gasteiger partial charge >= 0.3 is 0 Å². The van der Waals surface area contributed by atoms with Crippen molar-refractivity contribution in [3.63, 3.8) is 0 Å². The van der Waals surface area contributed by atoms with Gasteiger partial charge in [-0.2, -0.15) is 4.31 Å². The minimum Gasteiger partial charge on any atom is -0.395 e. The van der Waals surface area contributed by atoms with Gasteiger partial charge < -0.3 is 10.4 Å². The zero-order valence-corrected chi connectivity index (χ0v) is 14.7. The first kappa shape index (κ1) is 18.5. The summed E-state index contributed by atoms with van der Waals surface area (Å²) in [5.74, 6) is -0.415. The Morgan fingerprint density at radius 2 is 1.83 bits per heavy atom. The number of carbonyl (C=O) groups excluding carboxylic acids is 1. The van der Waals surface area contributed by atoms with E-state index in [-0.39, 0.29) is 53.0 Å². The summed E-state index contributed by atoms with van der Waals surface area (Å²) in [5.41, 5.74) is 0. The van der Waals surface area contributed by atoms with Crippen LogP contribution in [0.25, 0.3) is 0 Å². The van der Waals surface area contributed by atoms with Crippen molar-refractivity contribution in [1.29, 1.82) is 0 Å². The van der Waals surface area contributed by atoms with Crippen LogP contribution in [0.3, 0.4) is 0 Å². The molecule has 9 heteroatoms. The van der Waals surface area contributed by atoms with Crippen molar-refractivity contribution < 1.29 is 18.3 Å². The summed E-state index contributed by atoms with van der Waals surface area (Å²) < 4.78 is 26.7. The van der Waals surface area contributed by atoms with Gasteiger partial charge in [0.05, 0.1) is 16.7 Å². The highest BCUT2D eigenvalue weighted by molar-refractivity contribution is 7.89. The monoisotopic (exact) mass is 380 g/mol. The van der Waals surface area contributed by atoms with Crippen LogP contribution in [0, 0.1) is 5.92 Å². The molecule has 6 nitrogen and oxygen atoms in total. The number of rotatable bonds is 5. The molecule has 128 valence electrons. The van der Waals surface area contributed by atoms with Crippen LogP contribution < -0.4 is 5.32 Å². The first-order valence-electron chi connectivity index (χ1n) is 7.20. The van der Waals surface area contributed by atoms with Crippen molar-refractivity contribution in [2.75, 3.05) is 26.2 Å². The van der Waals surface area contributed by atoms with Crippen LogP contribution in [-0.4, -0.2) is 50.0 Å². The molecule has 0 saturated carbocycles. The molecule has 1 aliphatic heterocycles. The molecular formula is C14H18Cl2N2O4S. The van der Waals surface area contributed by atoms with Gasteiger partial charge in [0.1, 0.15) is 4.90 Å². The van der Waals surface area contributed by atoms with Gasteiger partial charge in [-0.25, -0.2) is 8.42 Å². The minimum atomic E-state index is -3.79. The number of halogens is 2. The van der Waals surface area contributed by atoms with Crippen LogP contribution in [0.2, 0.25) is 10.0 Å². The van der Waals surface area contributed by atoms with Crippen LogP contribution in [0.5, 0.6) is 0 Å². The van der Waals surface area contributed by atoms with E-state index in [0.29, 0.717) is 12.8 Å². The van der Waals surface area contributed by atoms with Gasteiger partial charge in [-0.1, -0.05) is 29.3 Å². The van der Waals surface area contributed by atoms with Gasteiger partial charge in [0.15, 0.2) is 0 Å². The Hall–Kier alpha value is -0.860. The summed E-state index contributed by atoms with van der Waals surface area (Å²) in [7, 11) is -3.79. The van der Waals surface area contributed by atoms with Crippen LogP contribution in [-0.2, 0) is 14.8 Å². The summed E-state index contributed by atoms with van der Waals surface area (Å²) in [6.45, 7) is 0.527. The molecule has 23 heavy (non-hydrogen) atoms. The standard InChI is InChI=1S/C14H18Cl2N2O4S/c15-11-2-1-3-12(16)13(11)23(21,22)18-7-4-10(5-8-18)14(20)17-6-9-19/h1-3,10,19H,4-9H2,(H,17,20). The lowest BCUT2D eigenvalue weighted by molar-refractivity contribution is -0.126. The fraction of sp³-hybridized carbons (Fsp3) is 0.500. The topological polar surface area (TPSA) is 86.7 Å². The van der Waals surface area contributed by atoms with E-state index in [1.165, 1.54) is 16.4 Å². The predicted octanol–water partition coefficient (Wildman–Crippen LogP) is 1.50. The molecule has 0 radical (unpaired) electrons. The first-order valence-corrected chi connectivity index (χ1v) is 9.40. The van der Waals surface area contributed by atoms with Gasteiger partial charge in [-0.05, 0) is 25.0 Å². The maximum absolute atomic E-state index is 12.7. The number of benzene rings is 1. The van der Waals surface area contributed by atoms with Gasteiger partial charge in [0.2, 0.25) is 15.9 Å². The molecule has 0 aromatic heterocycles. The number of aliphatic hydroxyl groups excluding tert-OH is 1. The maximum Gasteiger partial charge on any atom is 0.246 e. The third kappa shape index (κ3) is 4.16. The normalized spacial score (nSPS) is 17.2. The van der Waals surface area contributed by atoms with Crippen molar-refractivity contribution in [2.24, 2.45) is 5.92 Å². The maximum atomic E-state index is 12.7. The molecule has 0 bridgehead atoms. The number of hydrogen-bond acceptors (Lipinski definition) is 4. The predicted molar refractivity (Wildman–Crippen MR) is 88.0 cm³/mol. The molecule has 1 aliphatic rings. The van der Waals surface area contributed by atoms with Crippen molar-refractivity contribution >= 4 is 39.1 Å². The second-order valence-corrected chi connectivity index (χ2v) is 7.93. The van der Waals surface area contributed by atoms with Crippen LogP contribution in [0.4, 0.5) is 0 Å². The summed E-state index contributed by atoms with van der Waals surface area (Å²) in [4.78, 5) is 11.8. The Kier molecular flexibility index (Phi) is 6.27. The molecule has 1 fully saturated rings. The van der Waals surface area contributed by atoms with Crippen molar-refractivity contribution in [3.05, 3.63) is 28.2 Å². The molecule has 1 aromatic carbocycles. The van der Waals surface area contributed by atoms with Crippen molar-refractivity contribution in [2.45, 2.75) is 17.7 Å². The molecule has 2 rings (SSSR count). The lowest BCUT2D eigenvalue weighted by Crippen LogP contribution is -2.43. The van der Waals surface area contributed by atoms with Crippen LogP contribution >= 0.6 is 23.2 Å². The van der Waals surface area contributed by atoms with Crippen molar-refractivity contribution in [3.8, 4) is 0 Å². The Morgan fingerprint density at radius 1 is 1.26 bits per heavy atom. The van der Waals surface area contributed by atoms with E-state index in [2.05, 4.69) is 5.32 Å². The quantitative estimate of drug-likeness (QED) is 0.810. The van der Waals surface area contributed by atoms with E-state index in [4.69, 9.17) is 28.3 Å². The van der Waals surface area contributed by atoms with E-state index in [9.17, 15) is 13.2 Å². The Bertz CT molecular complexity index is 653. The molecule has 1 amide bonds. The summed E-state index contributed by atoms with van der Waals surface area (Å²) in [5, 5.41) is 11.5. The number of sulfonamides is 1. The third-order valence-electron chi connectivity index (χ3n) is 3.75. The first-order chi connectivity index (χ1) is 10.9. The fourth-order valence-corrected chi connectivity index (χ4v) is 5.10. The number of hydrogen-bond donors (Lipinski definition) is 2. The highest BCUT2D eigenvalue weighted by atomic mass is 35.5. The van der Waals surface area contributed by atoms with Gasteiger partial charge in [0.25, 0.3) is 0 Å². The zero-order chi connectivity index (χ0) is 17.0. The number of aliphatic hydroxyl groups is 1. The van der Waals surface area contributed by atoms with Crippen LogP contribution in [0.15, 0.2) is 23.1 Å². The fourth-order valence-electron chi connectivity index (χ4n) is 2.54. The molecule has 1 saturated heterocycles. The van der Waals surface area contributed by atoms with E-state index in [0.717, 1.165) is 0 Å². The molecule has 0 atom stereocenters. The molecular weight excluding hydrogens is 363 g/mol. The average molecular weight is 381 g/mol. The Balaban J connectivity index is 2.09. The largest absolute Gasteiger partial charge is 0.395 e. The number of carbonyl (C=O) groups is 1. The Morgan fingerprint density at radius 3 is 2.35 bits per heavy atom. The molecule has 2 N–H and O–H groups in total. The number of amides is 1. The second-order valence-electron chi connectivity index (χ2n) is 5.24. The van der Waals surface area contributed by atoms with E-state index < -0.39 is 10.0 Å². The molecule has 1 aromatic rings. The molecule has 0 aliphatic carbocycles. The smallest absolute Gasteiger partial charge is 0.246 e. The molecule has 0 unspecified atom stereocenters. The van der Waals surface area contributed by atoms with Gasteiger partial charge in [-0.3, -0.25) is 4.79 Å². The lowest BCUT2D eigenvalue weighted by atomic mass is 9.97. The highest BCUT2D eigenvalue weighted by Crippen LogP contribution is 2.33. The van der Waals surface area contributed by atoms with E-state index in [1.807, 2.05) is 0 Å². The molecule has 0 spiro atoms. The third-order valence-corrected chi connectivity index (χ3v) is 6.61. The van der Waals surface area contributed by atoms with Crippen LogP contribution in [0.1, 0.15) is 12.8 Å². The second kappa shape index (κ2) is 7.81. The van der Waals surface area contributed by atoms with E-state index in [1.54, 1.807) is 6.07 Å². The summed E-state index contributed by atoms with van der Waals surface area (Å²) in [6, 6.07) is 4.55. The molecule has 1 heterocycles. The minimum absolute atomic E-state index is 0.0836. The SMILES string of the molecule is O=C(NCCO)C1CCN(S(=O)(=O)c2c(Cl)cccc2Cl)CC1. The lowest BCUT2D eigenvalue weighted by Gasteiger charge is -2.31.